The Morgan fingerprint density at radius 1 is 1.32 bits per heavy atom. The molecule has 0 spiro atoms. The zero-order valence-electron chi connectivity index (χ0n) is 13.2. The van der Waals surface area contributed by atoms with Gasteiger partial charge < -0.3 is 15.4 Å². The van der Waals surface area contributed by atoms with Crippen molar-refractivity contribution in [3.63, 3.8) is 0 Å². The Hall–Kier alpha value is -0.120. The zero-order valence-corrected chi connectivity index (χ0v) is 13.2. The average Bonchev–Trinajstić information content (AvgIpc) is 2.37. The molecule has 0 bridgehead atoms. The molecule has 0 aromatic heterocycles. The first kappa shape index (κ1) is 15.3. The summed E-state index contributed by atoms with van der Waals surface area (Å²) < 4.78 is 5.62. The molecule has 1 heterocycles. The van der Waals surface area contributed by atoms with E-state index in [9.17, 15) is 0 Å². The molecule has 4 unspecified atom stereocenters. The molecular formula is C16H32N2O. The van der Waals surface area contributed by atoms with E-state index in [0.29, 0.717) is 29.4 Å². The second kappa shape index (κ2) is 6.11. The number of nitrogens with two attached hydrogens (primary N) is 1. The van der Waals surface area contributed by atoms with E-state index in [4.69, 9.17) is 10.5 Å². The van der Waals surface area contributed by atoms with Crippen LogP contribution in [0.5, 0.6) is 0 Å². The molecule has 0 amide bonds. The number of hydrogen-bond donors (Lipinski definition) is 1. The number of hydrogen-bond acceptors (Lipinski definition) is 3. The van der Waals surface area contributed by atoms with Gasteiger partial charge in [-0.3, -0.25) is 0 Å². The van der Waals surface area contributed by atoms with E-state index >= 15 is 0 Å². The number of piperidine rings is 1. The summed E-state index contributed by atoms with van der Waals surface area (Å²) in [4.78, 5) is 2.58. The van der Waals surface area contributed by atoms with Crippen LogP contribution >= 0.6 is 0 Å². The molecule has 112 valence electrons. The summed E-state index contributed by atoms with van der Waals surface area (Å²) in [5, 5.41) is 0. The standard InChI is InChI=1S/C16H32N2O/c1-12-7-9-18(11-14(12)19-4)10-13-6-5-8-16(2,3)15(13)17/h12-15H,5-11,17H2,1-4H3. The van der Waals surface area contributed by atoms with Crippen molar-refractivity contribution >= 4 is 0 Å². The molecule has 4 atom stereocenters. The average molecular weight is 268 g/mol. The van der Waals surface area contributed by atoms with E-state index in [1.165, 1.54) is 32.2 Å². The Balaban J connectivity index is 1.90. The van der Waals surface area contributed by atoms with Gasteiger partial charge >= 0.3 is 0 Å². The molecule has 1 aliphatic heterocycles. The van der Waals surface area contributed by atoms with Crippen LogP contribution in [-0.4, -0.2) is 43.8 Å². The van der Waals surface area contributed by atoms with E-state index in [2.05, 4.69) is 25.7 Å². The van der Waals surface area contributed by atoms with Crippen LogP contribution in [0.2, 0.25) is 0 Å². The smallest absolute Gasteiger partial charge is 0.0724 e. The van der Waals surface area contributed by atoms with Crippen molar-refractivity contribution in [2.75, 3.05) is 26.7 Å². The van der Waals surface area contributed by atoms with Crippen LogP contribution in [-0.2, 0) is 4.74 Å². The minimum absolute atomic E-state index is 0.312. The predicted molar refractivity (Wildman–Crippen MR) is 80.1 cm³/mol. The van der Waals surface area contributed by atoms with Crippen molar-refractivity contribution in [2.24, 2.45) is 23.0 Å². The van der Waals surface area contributed by atoms with Crippen molar-refractivity contribution < 1.29 is 4.74 Å². The Morgan fingerprint density at radius 2 is 2.05 bits per heavy atom. The van der Waals surface area contributed by atoms with Gasteiger partial charge in [-0.25, -0.2) is 0 Å². The maximum Gasteiger partial charge on any atom is 0.0724 e. The Labute approximate surface area is 118 Å². The largest absolute Gasteiger partial charge is 0.380 e. The van der Waals surface area contributed by atoms with Crippen molar-refractivity contribution in [3.05, 3.63) is 0 Å². The van der Waals surface area contributed by atoms with Crippen molar-refractivity contribution in [1.82, 2.24) is 4.90 Å². The first-order valence-corrected chi connectivity index (χ1v) is 7.95. The second-order valence-electron chi connectivity index (χ2n) is 7.47. The van der Waals surface area contributed by atoms with Crippen LogP contribution in [0, 0.1) is 17.3 Å². The van der Waals surface area contributed by atoms with E-state index in [0.717, 1.165) is 13.1 Å². The SMILES string of the molecule is COC1CN(CC2CCCC(C)(C)C2N)CCC1C. The number of likely N-dealkylation sites (tertiary alicyclic amines) is 1. The molecule has 0 aromatic carbocycles. The quantitative estimate of drug-likeness (QED) is 0.854. The van der Waals surface area contributed by atoms with Crippen LogP contribution in [0.3, 0.4) is 0 Å². The van der Waals surface area contributed by atoms with Gasteiger partial charge in [0.25, 0.3) is 0 Å². The highest BCUT2D eigenvalue weighted by Crippen LogP contribution is 2.38. The zero-order chi connectivity index (χ0) is 14.0. The summed E-state index contributed by atoms with van der Waals surface area (Å²) in [5.74, 6) is 1.35. The molecule has 1 saturated heterocycles. The fourth-order valence-electron chi connectivity index (χ4n) is 3.91. The fourth-order valence-corrected chi connectivity index (χ4v) is 3.91. The highest BCUT2D eigenvalue weighted by atomic mass is 16.5. The predicted octanol–water partition coefficient (Wildman–Crippen LogP) is 2.50. The number of methoxy groups -OCH3 is 1. The monoisotopic (exact) mass is 268 g/mol. The minimum Gasteiger partial charge on any atom is -0.380 e. The van der Waals surface area contributed by atoms with E-state index in [-0.39, 0.29) is 0 Å². The lowest BCUT2D eigenvalue weighted by Gasteiger charge is -2.45. The number of ether oxygens (including phenoxy) is 1. The lowest BCUT2D eigenvalue weighted by Crippen LogP contribution is -2.52. The molecule has 2 aliphatic rings. The van der Waals surface area contributed by atoms with Gasteiger partial charge in [-0.1, -0.05) is 27.2 Å². The molecule has 1 aliphatic carbocycles. The van der Waals surface area contributed by atoms with Gasteiger partial charge in [0.15, 0.2) is 0 Å². The number of rotatable bonds is 3. The lowest BCUT2D eigenvalue weighted by atomic mass is 9.68. The van der Waals surface area contributed by atoms with Gasteiger partial charge in [0.05, 0.1) is 6.10 Å². The van der Waals surface area contributed by atoms with Crippen molar-refractivity contribution in [1.29, 1.82) is 0 Å². The molecule has 0 aromatic rings. The third kappa shape index (κ3) is 3.50. The molecule has 2 rings (SSSR count). The van der Waals surface area contributed by atoms with E-state index in [1.54, 1.807) is 0 Å². The fraction of sp³-hybridized carbons (Fsp3) is 1.00. The van der Waals surface area contributed by atoms with Crippen molar-refractivity contribution in [2.45, 2.75) is 58.6 Å². The first-order valence-electron chi connectivity index (χ1n) is 7.95. The van der Waals surface area contributed by atoms with Gasteiger partial charge in [0.1, 0.15) is 0 Å². The Morgan fingerprint density at radius 3 is 2.74 bits per heavy atom. The molecule has 3 heteroatoms. The van der Waals surface area contributed by atoms with Crippen LogP contribution in [0.4, 0.5) is 0 Å². The highest BCUT2D eigenvalue weighted by molar-refractivity contribution is 4.93. The molecule has 0 radical (unpaired) electrons. The minimum atomic E-state index is 0.312. The van der Waals surface area contributed by atoms with Gasteiger partial charge in [-0.2, -0.15) is 0 Å². The van der Waals surface area contributed by atoms with E-state index in [1.807, 2.05) is 7.11 Å². The summed E-state index contributed by atoms with van der Waals surface area (Å²) in [6, 6.07) is 0.349. The first-order chi connectivity index (χ1) is 8.94. The summed E-state index contributed by atoms with van der Waals surface area (Å²) in [5.41, 5.74) is 6.82. The summed E-state index contributed by atoms with van der Waals surface area (Å²) in [7, 11) is 1.85. The summed E-state index contributed by atoms with van der Waals surface area (Å²) in [6.45, 7) is 10.4. The molecule has 19 heavy (non-hydrogen) atoms. The lowest BCUT2D eigenvalue weighted by molar-refractivity contribution is -0.0160. The van der Waals surface area contributed by atoms with Crippen LogP contribution in [0.25, 0.3) is 0 Å². The van der Waals surface area contributed by atoms with Crippen LogP contribution in [0.1, 0.15) is 46.5 Å². The van der Waals surface area contributed by atoms with Gasteiger partial charge in [-0.15, -0.1) is 0 Å². The van der Waals surface area contributed by atoms with Crippen molar-refractivity contribution in [3.8, 4) is 0 Å². The normalized spacial score (nSPS) is 40.3. The molecule has 3 nitrogen and oxygen atoms in total. The summed E-state index contributed by atoms with van der Waals surface area (Å²) >= 11 is 0. The van der Waals surface area contributed by atoms with Crippen LogP contribution < -0.4 is 5.73 Å². The second-order valence-corrected chi connectivity index (χ2v) is 7.47. The topological polar surface area (TPSA) is 38.5 Å². The maximum absolute atomic E-state index is 6.51. The maximum atomic E-state index is 6.51. The van der Waals surface area contributed by atoms with Crippen LogP contribution in [0.15, 0.2) is 0 Å². The number of nitrogens with zero attached hydrogens (tertiary/aromatic N) is 1. The third-order valence-electron chi connectivity index (χ3n) is 5.58. The molecular weight excluding hydrogens is 236 g/mol. The Bertz CT molecular complexity index is 292. The van der Waals surface area contributed by atoms with Gasteiger partial charge in [0.2, 0.25) is 0 Å². The van der Waals surface area contributed by atoms with E-state index < -0.39 is 0 Å². The molecule has 2 N–H and O–H groups in total. The van der Waals surface area contributed by atoms with Gasteiger partial charge in [-0.05, 0) is 43.1 Å². The highest BCUT2D eigenvalue weighted by Gasteiger charge is 2.38. The molecule has 1 saturated carbocycles. The summed E-state index contributed by atoms with van der Waals surface area (Å²) in [6.07, 6.45) is 5.57. The molecule has 2 fully saturated rings. The van der Waals surface area contributed by atoms with Gasteiger partial charge in [0, 0.05) is 26.2 Å². The Kier molecular flexibility index (Phi) is 4.91. The third-order valence-corrected chi connectivity index (χ3v) is 5.58.